The van der Waals surface area contributed by atoms with Crippen LogP contribution in [-0.2, 0) is 19.1 Å². The minimum Gasteiger partial charge on any atom is -0.466 e. The van der Waals surface area contributed by atoms with Crippen molar-refractivity contribution in [3.05, 3.63) is 11.8 Å². The summed E-state index contributed by atoms with van der Waals surface area (Å²) in [5.74, 6) is -0.102. The third kappa shape index (κ3) is 10.7. The molecule has 1 unspecified atom stereocenters. The SMILES string of the molecule is CCOC(=O)CCCCC/C=C(\NCCC(O)C1CCCCC1)C(=O)OCC. The van der Waals surface area contributed by atoms with Crippen LogP contribution in [0.15, 0.2) is 11.8 Å². The molecule has 0 aliphatic heterocycles. The zero-order valence-corrected chi connectivity index (χ0v) is 17.7. The molecule has 1 saturated carbocycles. The first-order valence-electron chi connectivity index (χ1n) is 11.0. The van der Waals surface area contributed by atoms with Crippen LogP contribution >= 0.6 is 0 Å². The van der Waals surface area contributed by atoms with E-state index in [1.165, 1.54) is 19.3 Å². The number of esters is 2. The second-order valence-electron chi connectivity index (χ2n) is 7.42. The summed E-state index contributed by atoms with van der Waals surface area (Å²) in [5.41, 5.74) is 0.475. The van der Waals surface area contributed by atoms with E-state index in [0.29, 0.717) is 44.2 Å². The molecule has 0 heterocycles. The number of hydrogen-bond donors (Lipinski definition) is 2. The molecule has 6 nitrogen and oxygen atoms in total. The molecule has 6 heteroatoms. The molecule has 0 aromatic rings. The first kappa shape index (κ1) is 24.5. The highest BCUT2D eigenvalue weighted by Gasteiger charge is 2.21. The van der Waals surface area contributed by atoms with Crippen molar-refractivity contribution in [2.75, 3.05) is 19.8 Å². The number of ether oxygens (including phenoxy) is 2. The van der Waals surface area contributed by atoms with Crippen molar-refractivity contribution in [2.45, 2.75) is 90.6 Å². The van der Waals surface area contributed by atoms with Gasteiger partial charge in [0.1, 0.15) is 5.70 Å². The standard InChI is InChI=1S/C22H39NO5/c1-3-27-21(25)15-11-6-5-10-14-19(22(26)28-4-2)23-17-16-20(24)18-12-8-7-9-13-18/h14,18,20,23-24H,3-13,15-17H2,1-2H3/b19-14-. The second-order valence-corrected chi connectivity index (χ2v) is 7.42. The normalized spacial score (nSPS) is 16.5. The molecule has 0 aromatic heterocycles. The summed E-state index contributed by atoms with van der Waals surface area (Å²) in [6.45, 7) is 4.91. The minimum absolute atomic E-state index is 0.150. The van der Waals surface area contributed by atoms with Crippen LogP contribution in [0.5, 0.6) is 0 Å². The van der Waals surface area contributed by atoms with Crippen molar-refractivity contribution in [2.24, 2.45) is 5.92 Å². The molecule has 1 aliphatic carbocycles. The number of unbranched alkanes of at least 4 members (excludes halogenated alkanes) is 3. The molecule has 28 heavy (non-hydrogen) atoms. The summed E-state index contributed by atoms with van der Waals surface area (Å²) < 4.78 is 10.0. The molecule has 0 spiro atoms. The van der Waals surface area contributed by atoms with E-state index < -0.39 is 0 Å². The van der Waals surface area contributed by atoms with Crippen molar-refractivity contribution in [3.8, 4) is 0 Å². The number of nitrogens with one attached hydrogen (secondary N) is 1. The lowest BCUT2D eigenvalue weighted by atomic mass is 9.84. The number of allylic oxidation sites excluding steroid dienone is 1. The predicted molar refractivity (Wildman–Crippen MR) is 110 cm³/mol. The number of aliphatic hydroxyl groups is 1. The number of carbonyl (C=O) groups is 2. The van der Waals surface area contributed by atoms with Gasteiger partial charge in [0.2, 0.25) is 0 Å². The monoisotopic (exact) mass is 397 g/mol. The van der Waals surface area contributed by atoms with Crippen LogP contribution in [0.1, 0.15) is 84.5 Å². The van der Waals surface area contributed by atoms with E-state index in [-0.39, 0.29) is 18.0 Å². The molecule has 1 rings (SSSR count). The van der Waals surface area contributed by atoms with Gasteiger partial charge in [-0.3, -0.25) is 4.79 Å². The molecule has 1 atom stereocenters. The highest BCUT2D eigenvalue weighted by Crippen LogP contribution is 2.27. The third-order valence-corrected chi connectivity index (χ3v) is 5.18. The fourth-order valence-corrected chi connectivity index (χ4v) is 3.62. The molecule has 2 N–H and O–H groups in total. The Morgan fingerprint density at radius 3 is 2.46 bits per heavy atom. The van der Waals surface area contributed by atoms with Crippen LogP contribution in [0.3, 0.4) is 0 Å². The molecule has 0 amide bonds. The Labute approximate surface area is 170 Å². The molecular formula is C22H39NO5. The van der Waals surface area contributed by atoms with E-state index in [1.54, 1.807) is 13.8 Å². The highest BCUT2D eigenvalue weighted by molar-refractivity contribution is 5.87. The Kier molecular flexibility index (Phi) is 13.4. The van der Waals surface area contributed by atoms with Crippen LogP contribution in [-0.4, -0.2) is 42.9 Å². The van der Waals surface area contributed by atoms with Crippen molar-refractivity contribution in [3.63, 3.8) is 0 Å². The average Bonchev–Trinajstić information content (AvgIpc) is 2.70. The smallest absolute Gasteiger partial charge is 0.354 e. The number of hydrogen-bond acceptors (Lipinski definition) is 6. The topological polar surface area (TPSA) is 84.9 Å². The lowest BCUT2D eigenvalue weighted by Gasteiger charge is -2.26. The molecule has 1 fully saturated rings. The molecule has 0 radical (unpaired) electrons. The van der Waals surface area contributed by atoms with Gasteiger partial charge < -0.3 is 19.9 Å². The van der Waals surface area contributed by atoms with Gasteiger partial charge >= 0.3 is 11.9 Å². The van der Waals surface area contributed by atoms with E-state index in [2.05, 4.69) is 5.32 Å². The number of carbonyl (C=O) groups excluding carboxylic acids is 2. The average molecular weight is 398 g/mol. The largest absolute Gasteiger partial charge is 0.466 e. The van der Waals surface area contributed by atoms with Gasteiger partial charge in [-0.05, 0) is 58.3 Å². The third-order valence-electron chi connectivity index (χ3n) is 5.18. The van der Waals surface area contributed by atoms with E-state index in [4.69, 9.17) is 9.47 Å². The number of aliphatic hydroxyl groups excluding tert-OH is 1. The molecule has 0 saturated heterocycles. The molecule has 0 bridgehead atoms. The minimum atomic E-state index is -0.346. The molecule has 0 aromatic carbocycles. The maximum atomic E-state index is 12.1. The van der Waals surface area contributed by atoms with Gasteiger partial charge in [-0.1, -0.05) is 31.8 Å². The van der Waals surface area contributed by atoms with Gasteiger partial charge in [-0.25, -0.2) is 4.79 Å². The Hall–Kier alpha value is -1.56. The van der Waals surface area contributed by atoms with Gasteiger partial charge in [0, 0.05) is 13.0 Å². The fourth-order valence-electron chi connectivity index (χ4n) is 3.62. The second kappa shape index (κ2) is 15.4. The Bertz CT molecular complexity index is 472. The quantitative estimate of drug-likeness (QED) is 0.263. The predicted octanol–water partition coefficient (Wildman–Crippen LogP) is 3.87. The Balaban J connectivity index is 2.33. The maximum absolute atomic E-state index is 12.1. The molecule has 162 valence electrons. The fraction of sp³-hybridized carbons (Fsp3) is 0.818. The Morgan fingerprint density at radius 1 is 1.07 bits per heavy atom. The summed E-state index contributed by atoms with van der Waals surface area (Å²) in [6.07, 6.45) is 11.9. The molecule has 1 aliphatic rings. The first-order valence-corrected chi connectivity index (χ1v) is 11.0. The Morgan fingerprint density at radius 2 is 1.79 bits per heavy atom. The van der Waals surface area contributed by atoms with E-state index >= 15 is 0 Å². The van der Waals surface area contributed by atoms with Crippen molar-refractivity contribution < 1.29 is 24.2 Å². The van der Waals surface area contributed by atoms with Gasteiger partial charge in [-0.2, -0.15) is 0 Å². The van der Waals surface area contributed by atoms with Crippen LogP contribution in [0, 0.1) is 5.92 Å². The van der Waals surface area contributed by atoms with Crippen LogP contribution < -0.4 is 5.32 Å². The summed E-state index contributed by atoms with van der Waals surface area (Å²) in [5, 5.41) is 13.5. The zero-order valence-electron chi connectivity index (χ0n) is 17.7. The van der Waals surface area contributed by atoms with Crippen LogP contribution in [0.25, 0.3) is 0 Å². The lowest BCUT2D eigenvalue weighted by molar-refractivity contribution is -0.143. The van der Waals surface area contributed by atoms with Crippen molar-refractivity contribution >= 4 is 11.9 Å². The summed E-state index contributed by atoms with van der Waals surface area (Å²) >= 11 is 0. The highest BCUT2D eigenvalue weighted by atomic mass is 16.5. The first-order chi connectivity index (χ1) is 13.6. The van der Waals surface area contributed by atoms with Crippen LogP contribution in [0.2, 0.25) is 0 Å². The van der Waals surface area contributed by atoms with E-state index in [0.717, 1.165) is 38.5 Å². The van der Waals surface area contributed by atoms with Gasteiger partial charge in [0.25, 0.3) is 0 Å². The van der Waals surface area contributed by atoms with Crippen molar-refractivity contribution in [1.82, 2.24) is 5.32 Å². The van der Waals surface area contributed by atoms with E-state index in [1.807, 2.05) is 6.08 Å². The molecular weight excluding hydrogens is 358 g/mol. The van der Waals surface area contributed by atoms with Gasteiger partial charge in [-0.15, -0.1) is 0 Å². The summed E-state index contributed by atoms with van der Waals surface area (Å²) in [7, 11) is 0. The summed E-state index contributed by atoms with van der Waals surface area (Å²) in [6, 6.07) is 0. The number of rotatable bonds is 14. The maximum Gasteiger partial charge on any atom is 0.354 e. The van der Waals surface area contributed by atoms with Crippen LogP contribution in [0.4, 0.5) is 0 Å². The zero-order chi connectivity index (χ0) is 20.6. The van der Waals surface area contributed by atoms with Gasteiger partial charge in [0.15, 0.2) is 0 Å². The summed E-state index contributed by atoms with van der Waals surface area (Å²) in [4.78, 5) is 23.4. The van der Waals surface area contributed by atoms with Gasteiger partial charge in [0.05, 0.1) is 19.3 Å². The lowest BCUT2D eigenvalue weighted by Crippen LogP contribution is -2.29. The van der Waals surface area contributed by atoms with E-state index in [9.17, 15) is 14.7 Å². The van der Waals surface area contributed by atoms with Crippen molar-refractivity contribution in [1.29, 1.82) is 0 Å².